The molecule has 0 radical (unpaired) electrons. The van der Waals surface area contributed by atoms with Crippen molar-refractivity contribution in [3.8, 4) is 5.75 Å². The number of rotatable bonds is 6. The molecule has 1 aliphatic carbocycles. The Morgan fingerprint density at radius 2 is 1.80 bits per heavy atom. The quantitative estimate of drug-likeness (QED) is 0.860. The summed E-state index contributed by atoms with van der Waals surface area (Å²) in [5, 5.41) is 2.45. The van der Waals surface area contributed by atoms with Crippen LogP contribution in [0.2, 0.25) is 0 Å². The maximum absolute atomic E-state index is 11.9. The summed E-state index contributed by atoms with van der Waals surface area (Å²) in [4.78, 5) is 13.8. The first-order valence-corrected chi connectivity index (χ1v) is 9.62. The molecule has 2 N–H and O–H groups in total. The van der Waals surface area contributed by atoms with E-state index < -0.39 is 0 Å². The van der Waals surface area contributed by atoms with Crippen molar-refractivity contribution in [3.05, 3.63) is 29.8 Å². The Kier molecular flexibility index (Phi) is 6.56. The average Bonchev–Trinajstić information content (AvgIpc) is 3.20. The van der Waals surface area contributed by atoms with E-state index in [9.17, 15) is 4.79 Å². The molecule has 1 amide bonds. The van der Waals surface area contributed by atoms with E-state index >= 15 is 0 Å². The third-order valence-electron chi connectivity index (χ3n) is 5.54. The molecule has 1 aromatic carbocycles. The molecule has 0 unspecified atom stereocenters. The van der Waals surface area contributed by atoms with Crippen molar-refractivity contribution in [2.24, 2.45) is 5.92 Å². The zero-order valence-corrected chi connectivity index (χ0v) is 15.3. The van der Waals surface area contributed by atoms with E-state index in [-0.39, 0.29) is 6.09 Å². The van der Waals surface area contributed by atoms with Crippen molar-refractivity contribution < 1.29 is 19.6 Å². The lowest BCUT2D eigenvalue weighted by molar-refractivity contribution is -0.707. The summed E-state index contributed by atoms with van der Waals surface area (Å²) in [6.45, 7) is 3.35. The van der Waals surface area contributed by atoms with Crippen LogP contribution in [-0.4, -0.2) is 43.8 Å². The van der Waals surface area contributed by atoms with Gasteiger partial charge in [0.15, 0.2) is 0 Å². The molecular weight excluding hydrogens is 316 g/mol. The first kappa shape index (κ1) is 18.1. The number of ether oxygens (including phenoxy) is 2. The van der Waals surface area contributed by atoms with Gasteiger partial charge in [0.05, 0.1) is 19.8 Å². The molecular formula is C20H31N2O3+. The molecule has 1 saturated heterocycles. The number of carbonyl (C=O) groups excluding carboxylic acids is 1. The number of hydrogen-bond acceptors (Lipinski definition) is 3. The fourth-order valence-electron chi connectivity index (χ4n) is 3.84. The number of quaternary nitrogens is 1. The molecule has 3 rings (SSSR count). The van der Waals surface area contributed by atoms with Gasteiger partial charge in [0.2, 0.25) is 0 Å². The van der Waals surface area contributed by atoms with E-state index in [1.54, 1.807) is 7.11 Å². The van der Waals surface area contributed by atoms with Crippen LogP contribution in [-0.2, 0) is 11.3 Å². The van der Waals surface area contributed by atoms with Crippen LogP contribution >= 0.6 is 0 Å². The van der Waals surface area contributed by atoms with Crippen LogP contribution < -0.4 is 10.1 Å². The van der Waals surface area contributed by atoms with Crippen molar-refractivity contribution in [3.63, 3.8) is 0 Å². The normalized spacial score (nSPS) is 23.5. The van der Waals surface area contributed by atoms with Crippen LogP contribution in [0.5, 0.6) is 5.75 Å². The Labute approximate surface area is 150 Å². The predicted octanol–water partition coefficient (Wildman–Crippen LogP) is 2.55. The molecule has 1 aliphatic heterocycles. The Morgan fingerprint density at radius 3 is 2.44 bits per heavy atom. The molecule has 1 saturated carbocycles. The van der Waals surface area contributed by atoms with Gasteiger partial charge in [-0.3, -0.25) is 0 Å². The molecule has 1 heterocycles. The molecule has 2 aliphatic rings. The Hall–Kier alpha value is -1.75. The van der Waals surface area contributed by atoms with Gasteiger partial charge in [-0.2, -0.15) is 0 Å². The standard InChI is InChI=1S/C20H30N2O3/c1-24-19-10-6-16(7-11-19)14-21-18-8-4-17(5-9-18)15-25-20(23)22-12-2-3-13-22/h6-7,10-11,17-18,21H,2-5,8-9,12-15H2,1H3/p+1. The van der Waals surface area contributed by atoms with Gasteiger partial charge in [0.25, 0.3) is 0 Å². The molecule has 0 bridgehead atoms. The highest BCUT2D eigenvalue weighted by molar-refractivity contribution is 5.67. The van der Waals surface area contributed by atoms with E-state index in [2.05, 4.69) is 17.4 Å². The summed E-state index contributed by atoms with van der Waals surface area (Å²) in [6.07, 6.45) is 6.87. The highest BCUT2D eigenvalue weighted by Gasteiger charge is 2.25. The number of amides is 1. The predicted molar refractivity (Wildman–Crippen MR) is 96.5 cm³/mol. The van der Waals surface area contributed by atoms with Gasteiger partial charge in [-0.15, -0.1) is 0 Å². The Balaban J connectivity index is 1.32. The zero-order valence-electron chi connectivity index (χ0n) is 15.3. The lowest BCUT2D eigenvalue weighted by atomic mass is 9.86. The van der Waals surface area contributed by atoms with Crippen LogP contribution in [0, 0.1) is 5.92 Å². The number of hydrogen-bond donors (Lipinski definition) is 1. The Bertz CT molecular complexity index is 532. The van der Waals surface area contributed by atoms with Gasteiger partial charge in [0.1, 0.15) is 12.3 Å². The van der Waals surface area contributed by atoms with E-state index in [0.717, 1.165) is 51.1 Å². The third-order valence-corrected chi connectivity index (χ3v) is 5.54. The maximum Gasteiger partial charge on any atom is 0.409 e. The molecule has 25 heavy (non-hydrogen) atoms. The van der Waals surface area contributed by atoms with Gasteiger partial charge in [-0.05, 0) is 68.7 Å². The summed E-state index contributed by atoms with van der Waals surface area (Å²) >= 11 is 0. The number of benzene rings is 1. The Morgan fingerprint density at radius 1 is 1.12 bits per heavy atom. The second kappa shape index (κ2) is 9.09. The SMILES string of the molecule is COc1ccc(C[NH2+]C2CCC(COC(=O)N3CCCC3)CC2)cc1. The van der Waals surface area contributed by atoms with Crippen molar-refractivity contribution in [2.45, 2.75) is 51.1 Å². The van der Waals surface area contributed by atoms with Crippen LogP contribution in [0.15, 0.2) is 24.3 Å². The second-order valence-electron chi connectivity index (χ2n) is 7.34. The van der Waals surface area contributed by atoms with Crippen molar-refractivity contribution in [1.82, 2.24) is 4.90 Å². The fraction of sp³-hybridized carbons (Fsp3) is 0.650. The van der Waals surface area contributed by atoms with Gasteiger partial charge >= 0.3 is 6.09 Å². The highest BCUT2D eigenvalue weighted by Crippen LogP contribution is 2.23. The molecule has 0 aromatic heterocycles. The van der Waals surface area contributed by atoms with Crippen LogP contribution in [0.3, 0.4) is 0 Å². The maximum atomic E-state index is 11.9. The summed E-state index contributed by atoms with van der Waals surface area (Å²) in [6, 6.07) is 9.01. The molecule has 1 aromatic rings. The fourth-order valence-corrected chi connectivity index (χ4v) is 3.84. The minimum absolute atomic E-state index is 0.106. The summed E-state index contributed by atoms with van der Waals surface area (Å²) in [5.41, 5.74) is 1.34. The third kappa shape index (κ3) is 5.36. The van der Waals surface area contributed by atoms with Gasteiger partial charge < -0.3 is 19.7 Å². The lowest BCUT2D eigenvalue weighted by Gasteiger charge is -2.27. The summed E-state index contributed by atoms with van der Waals surface area (Å²) in [7, 11) is 1.70. The number of nitrogens with zero attached hydrogens (tertiary/aromatic N) is 1. The molecule has 0 atom stereocenters. The minimum Gasteiger partial charge on any atom is -0.497 e. The molecule has 5 heteroatoms. The van der Waals surface area contributed by atoms with Gasteiger partial charge in [-0.1, -0.05) is 0 Å². The average molecular weight is 347 g/mol. The molecule has 2 fully saturated rings. The topological polar surface area (TPSA) is 55.4 Å². The van der Waals surface area contributed by atoms with E-state index in [4.69, 9.17) is 9.47 Å². The van der Waals surface area contributed by atoms with E-state index in [1.165, 1.54) is 18.4 Å². The van der Waals surface area contributed by atoms with Crippen LogP contribution in [0.4, 0.5) is 4.79 Å². The van der Waals surface area contributed by atoms with E-state index in [1.807, 2.05) is 17.0 Å². The van der Waals surface area contributed by atoms with Crippen molar-refractivity contribution in [2.75, 3.05) is 26.8 Å². The zero-order chi connectivity index (χ0) is 17.5. The second-order valence-corrected chi connectivity index (χ2v) is 7.34. The minimum atomic E-state index is -0.106. The van der Waals surface area contributed by atoms with Crippen molar-refractivity contribution >= 4 is 6.09 Å². The first-order valence-electron chi connectivity index (χ1n) is 9.62. The van der Waals surface area contributed by atoms with Gasteiger partial charge in [-0.25, -0.2) is 4.79 Å². The van der Waals surface area contributed by atoms with Gasteiger partial charge in [0, 0.05) is 18.7 Å². The number of carbonyl (C=O) groups is 1. The van der Waals surface area contributed by atoms with Crippen molar-refractivity contribution in [1.29, 1.82) is 0 Å². The molecule has 5 nitrogen and oxygen atoms in total. The number of methoxy groups -OCH3 is 1. The summed E-state index contributed by atoms with van der Waals surface area (Å²) < 4.78 is 10.7. The highest BCUT2D eigenvalue weighted by atomic mass is 16.6. The monoisotopic (exact) mass is 347 g/mol. The first-order chi connectivity index (χ1) is 12.2. The smallest absolute Gasteiger partial charge is 0.409 e. The number of nitrogens with two attached hydrogens (primary N) is 1. The van der Waals surface area contributed by atoms with Crippen LogP contribution in [0.25, 0.3) is 0 Å². The number of likely N-dealkylation sites (tertiary alicyclic amines) is 1. The summed E-state index contributed by atoms with van der Waals surface area (Å²) in [5.74, 6) is 1.45. The van der Waals surface area contributed by atoms with E-state index in [0.29, 0.717) is 18.6 Å². The lowest BCUT2D eigenvalue weighted by Crippen LogP contribution is -2.88. The van der Waals surface area contributed by atoms with Crippen LogP contribution in [0.1, 0.15) is 44.1 Å². The molecule has 138 valence electrons. The molecule has 0 spiro atoms. The largest absolute Gasteiger partial charge is 0.497 e.